The lowest BCUT2D eigenvalue weighted by atomic mass is 10.2. The number of hydrogen-bond acceptors (Lipinski definition) is 4. The molecule has 4 heteroatoms. The minimum atomic E-state index is 0.468. The van der Waals surface area contributed by atoms with Crippen molar-refractivity contribution >= 4 is 17.6 Å². The Morgan fingerprint density at radius 1 is 1.26 bits per heavy atom. The summed E-state index contributed by atoms with van der Waals surface area (Å²) in [6.45, 7) is 3.18. The molecule has 0 saturated carbocycles. The van der Waals surface area contributed by atoms with Gasteiger partial charge in [0, 0.05) is 10.9 Å². The van der Waals surface area contributed by atoms with E-state index in [1.54, 1.807) is 29.5 Å². The van der Waals surface area contributed by atoms with Gasteiger partial charge in [0.1, 0.15) is 18.1 Å². The van der Waals surface area contributed by atoms with Crippen molar-refractivity contribution in [2.75, 3.05) is 6.61 Å². The zero-order valence-electron chi connectivity index (χ0n) is 10.8. The van der Waals surface area contributed by atoms with Gasteiger partial charge < -0.3 is 9.47 Å². The maximum Gasteiger partial charge on any atom is 0.153 e. The Morgan fingerprint density at radius 3 is 2.84 bits per heavy atom. The molecule has 0 spiro atoms. The van der Waals surface area contributed by atoms with Crippen LogP contribution in [-0.4, -0.2) is 12.9 Å². The number of hydrogen-bond donors (Lipinski definition) is 0. The van der Waals surface area contributed by atoms with Gasteiger partial charge >= 0.3 is 0 Å². The number of carbonyl (C=O) groups excluding carboxylic acids is 1. The molecule has 0 aliphatic heterocycles. The van der Waals surface area contributed by atoms with Crippen molar-refractivity contribution < 1.29 is 14.3 Å². The summed E-state index contributed by atoms with van der Waals surface area (Å²) >= 11 is 1.63. The lowest BCUT2D eigenvalue weighted by Gasteiger charge is -2.10. The molecule has 1 aromatic heterocycles. The van der Waals surface area contributed by atoms with Crippen LogP contribution in [0.4, 0.5) is 0 Å². The van der Waals surface area contributed by atoms with Gasteiger partial charge in [-0.05, 0) is 30.0 Å². The Bertz CT molecular complexity index is 520. The van der Waals surface area contributed by atoms with E-state index in [0.717, 1.165) is 23.3 Å². The molecule has 1 aromatic carbocycles. The van der Waals surface area contributed by atoms with Gasteiger partial charge in [-0.25, -0.2) is 0 Å². The normalized spacial score (nSPS) is 10.2. The van der Waals surface area contributed by atoms with Gasteiger partial charge in [-0.15, -0.1) is 11.3 Å². The zero-order valence-corrected chi connectivity index (χ0v) is 11.6. The number of ether oxygens (including phenoxy) is 2. The van der Waals surface area contributed by atoms with E-state index in [-0.39, 0.29) is 0 Å². The molecule has 0 N–H and O–H groups in total. The molecule has 0 aliphatic rings. The van der Waals surface area contributed by atoms with Crippen molar-refractivity contribution in [3.05, 3.63) is 46.2 Å². The molecule has 0 atom stereocenters. The van der Waals surface area contributed by atoms with Gasteiger partial charge in [-0.1, -0.05) is 13.0 Å². The molecule has 19 heavy (non-hydrogen) atoms. The third kappa shape index (κ3) is 3.83. The van der Waals surface area contributed by atoms with Crippen LogP contribution in [0.1, 0.15) is 28.6 Å². The Hall–Kier alpha value is -1.81. The predicted octanol–water partition coefficient (Wildman–Crippen LogP) is 3.93. The predicted molar refractivity (Wildman–Crippen MR) is 76.3 cm³/mol. The van der Waals surface area contributed by atoms with Crippen molar-refractivity contribution in [3.63, 3.8) is 0 Å². The molecule has 2 rings (SSSR count). The Labute approximate surface area is 116 Å². The minimum absolute atomic E-state index is 0.468. The Morgan fingerprint density at radius 2 is 2.16 bits per heavy atom. The van der Waals surface area contributed by atoms with Crippen LogP contribution in [0, 0.1) is 0 Å². The van der Waals surface area contributed by atoms with Crippen molar-refractivity contribution in [1.29, 1.82) is 0 Å². The van der Waals surface area contributed by atoms with Gasteiger partial charge in [0.2, 0.25) is 0 Å². The van der Waals surface area contributed by atoms with Crippen molar-refractivity contribution in [2.24, 2.45) is 0 Å². The van der Waals surface area contributed by atoms with E-state index in [4.69, 9.17) is 9.47 Å². The highest BCUT2D eigenvalue weighted by Gasteiger charge is 2.06. The highest BCUT2D eigenvalue weighted by molar-refractivity contribution is 7.09. The highest BCUT2D eigenvalue weighted by Crippen LogP contribution is 2.25. The van der Waals surface area contributed by atoms with Crippen LogP contribution in [-0.2, 0) is 6.61 Å². The first-order valence-corrected chi connectivity index (χ1v) is 7.08. The second-order valence-electron chi connectivity index (χ2n) is 4.03. The number of aldehydes is 1. The topological polar surface area (TPSA) is 35.5 Å². The van der Waals surface area contributed by atoms with E-state index in [0.29, 0.717) is 24.5 Å². The fraction of sp³-hybridized carbons (Fsp3) is 0.267. The summed E-state index contributed by atoms with van der Waals surface area (Å²) in [4.78, 5) is 12.1. The van der Waals surface area contributed by atoms with Crippen molar-refractivity contribution in [2.45, 2.75) is 20.0 Å². The molecular formula is C15H16O3S. The van der Waals surface area contributed by atoms with E-state index < -0.39 is 0 Å². The summed E-state index contributed by atoms with van der Waals surface area (Å²) in [5.74, 6) is 1.30. The third-order valence-electron chi connectivity index (χ3n) is 2.53. The van der Waals surface area contributed by atoms with Crippen LogP contribution >= 0.6 is 11.3 Å². The van der Waals surface area contributed by atoms with Gasteiger partial charge in [-0.3, -0.25) is 4.79 Å². The zero-order chi connectivity index (χ0) is 13.5. The maximum absolute atomic E-state index is 11.0. The first-order valence-electron chi connectivity index (χ1n) is 6.20. The van der Waals surface area contributed by atoms with E-state index in [9.17, 15) is 4.79 Å². The summed E-state index contributed by atoms with van der Waals surface area (Å²) in [6.07, 6.45) is 1.74. The molecule has 0 amide bonds. The highest BCUT2D eigenvalue weighted by atomic mass is 32.1. The largest absolute Gasteiger partial charge is 0.493 e. The quantitative estimate of drug-likeness (QED) is 0.719. The van der Waals surface area contributed by atoms with Gasteiger partial charge in [0.05, 0.1) is 12.2 Å². The van der Waals surface area contributed by atoms with Crippen LogP contribution in [0.2, 0.25) is 0 Å². The molecule has 0 saturated heterocycles. The smallest absolute Gasteiger partial charge is 0.153 e. The Balaban J connectivity index is 2.09. The molecule has 1 heterocycles. The van der Waals surface area contributed by atoms with E-state index >= 15 is 0 Å². The molecule has 0 aliphatic carbocycles. The molecular weight excluding hydrogens is 260 g/mol. The second kappa shape index (κ2) is 6.95. The second-order valence-corrected chi connectivity index (χ2v) is 5.07. The fourth-order valence-electron chi connectivity index (χ4n) is 1.59. The summed E-state index contributed by atoms with van der Waals surface area (Å²) in [7, 11) is 0. The van der Waals surface area contributed by atoms with Crippen LogP contribution in [0.15, 0.2) is 35.7 Å². The summed E-state index contributed by atoms with van der Waals surface area (Å²) in [5.41, 5.74) is 0.542. The number of thiophene rings is 1. The van der Waals surface area contributed by atoms with E-state index in [1.807, 2.05) is 24.4 Å². The first kappa shape index (κ1) is 13.6. The van der Waals surface area contributed by atoms with Crippen LogP contribution in [0.5, 0.6) is 11.5 Å². The molecule has 2 aromatic rings. The SMILES string of the molecule is CCCOc1ccc(C=O)c(OCc2cccs2)c1. The number of rotatable bonds is 7. The van der Waals surface area contributed by atoms with Crippen molar-refractivity contribution in [1.82, 2.24) is 0 Å². The standard InChI is InChI=1S/C15H16O3S/c1-2-7-17-13-6-5-12(10-16)15(9-13)18-11-14-4-3-8-19-14/h3-6,8-10H,2,7,11H2,1H3. The maximum atomic E-state index is 11.0. The summed E-state index contributed by atoms with van der Waals surface area (Å²) < 4.78 is 11.2. The molecule has 3 nitrogen and oxygen atoms in total. The van der Waals surface area contributed by atoms with Crippen LogP contribution < -0.4 is 9.47 Å². The minimum Gasteiger partial charge on any atom is -0.493 e. The summed E-state index contributed by atoms with van der Waals surface area (Å²) in [6, 6.07) is 9.26. The molecule has 100 valence electrons. The lowest BCUT2D eigenvalue weighted by molar-refractivity contribution is 0.111. The fourth-order valence-corrected chi connectivity index (χ4v) is 2.21. The monoisotopic (exact) mass is 276 g/mol. The van der Waals surface area contributed by atoms with Crippen LogP contribution in [0.25, 0.3) is 0 Å². The Kier molecular flexibility index (Phi) is 4.98. The van der Waals surface area contributed by atoms with E-state index in [2.05, 4.69) is 0 Å². The average molecular weight is 276 g/mol. The third-order valence-corrected chi connectivity index (χ3v) is 3.38. The molecule has 0 fully saturated rings. The molecule has 0 radical (unpaired) electrons. The first-order chi connectivity index (χ1) is 9.33. The van der Waals surface area contributed by atoms with Gasteiger partial charge in [0.25, 0.3) is 0 Å². The van der Waals surface area contributed by atoms with Crippen molar-refractivity contribution in [3.8, 4) is 11.5 Å². The number of benzene rings is 1. The van der Waals surface area contributed by atoms with Crippen LogP contribution in [0.3, 0.4) is 0 Å². The molecule has 0 bridgehead atoms. The number of carbonyl (C=O) groups is 1. The summed E-state index contributed by atoms with van der Waals surface area (Å²) in [5, 5.41) is 2.00. The van der Waals surface area contributed by atoms with E-state index in [1.165, 1.54) is 0 Å². The lowest BCUT2D eigenvalue weighted by Crippen LogP contribution is -1.99. The van der Waals surface area contributed by atoms with Gasteiger partial charge in [-0.2, -0.15) is 0 Å². The molecule has 0 unspecified atom stereocenters. The van der Waals surface area contributed by atoms with Gasteiger partial charge in [0.15, 0.2) is 6.29 Å². The average Bonchev–Trinajstić information content (AvgIpc) is 2.96.